The summed E-state index contributed by atoms with van der Waals surface area (Å²) in [5, 5.41) is 5.81. The van der Waals surface area contributed by atoms with Gasteiger partial charge in [0.15, 0.2) is 0 Å². The fraction of sp³-hybridized carbons (Fsp3) is 0.500. The number of amides is 1. The first-order valence-electron chi connectivity index (χ1n) is 6.48. The van der Waals surface area contributed by atoms with Crippen molar-refractivity contribution in [1.29, 1.82) is 0 Å². The Hall–Kier alpha value is -2.11. The highest BCUT2D eigenvalue weighted by Crippen LogP contribution is 2.12. The second-order valence-electron chi connectivity index (χ2n) is 4.85. The van der Waals surface area contributed by atoms with Crippen LogP contribution in [0, 0.1) is 6.92 Å². The van der Waals surface area contributed by atoms with Gasteiger partial charge < -0.3 is 15.4 Å². The lowest BCUT2D eigenvalue weighted by atomic mass is 10.2. The lowest BCUT2D eigenvalue weighted by Crippen LogP contribution is -2.41. The zero-order chi connectivity index (χ0) is 15.3. The standard InChI is InChI=1S/C14H21N3O3/c1-8(2)15-13(18)10(4)17-12-7-6-11(9(3)16-12)14(19)20-5/h6-8,10H,1-5H3,(H,15,18)(H,16,17). The van der Waals surface area contributed by atoms with Gasteiger partial charge in [-0.1, -0.05) is 0 Å². The van der Waals surface area contributed by atoms with Crippen molar-refractivity contribution in [2.75, 3.05) is 12.4 Å². The summed E-state index contributed by atoms with van der Waals surface area (Å²) in [7, 11) is 1.33. The van der Waals surface area contributed by atoms with Crippen molar-refractivity contribution in [3.05, 3.63) is 23.4 Å². The average molecular weight is 279 g/mol. The number of aryl methyl sites for hydroxylation is 1. The number of rotatable bonds is 5. The molecule has 1 amide bonds. The minimum Gasteiger partial charge on any atom is -0.465 e. The number of hydrogen-bond donors (Lipinski definition) is 2. The van der Waals surface area contributed by atoms with Crippen molar-refractivity contribution >= 4 is 17.7 Å². The van der Waals surface area contributed by atoms with E-state index in [0.717, 1.165) is 0 Å². The van der Waals surface area contributed by atoms with Gasteiger partial charge in [-0.15, -0.1) is 0 Å². The lowest BCUT2D eigenvalue weighted by molar-refractivity contribution is -0.122. The first-order chi connectivity index (χ1) is 9.35. The molecule has 6 heteroatoms. The predicted octanol–water partition coefficient (Wildman–Crippen LogP) is 1.50. The Morgan fingerprint density at radius 2 is 1.90 bits per heavy atom. The Labute approximate surface area is 118 Å². The van der Waals surface area contributed by atoms with Gasteiger partial charge in [-0.25, -0.2) is 9.78 Å². The number of nitrogens with zero attached hydrogens (tertiary/aromatic N) is 1. The van der Waals surface area contributed by atoms with Crippen LogP contribution in [0.15, 0.2) is 12.1 Å². The van der Waals surface area contributed by atoms with Gasteiger partial charge in [0.25, 0.3) is 0 Å². The molecule has 0 bridgehead atoms. The Bertz CT molecular complexity index is 500. The molecule has 1 unspecified atom stereocenters. The van der Waals surface area contributed by atoms with E-state index in [1.165, 1.54) is 7.11 Å². The topological polar surface area (TPSA) is 80.3 Å². The number of carbonyl (C=O) groups is 2. The van der Waals surface area contributed by atoms with Crippen molar-refractivity contribution in [1.82, 2.24) is 10.3 Å². The molecule has 0 saturated carbocycles. The molecule has 110 valence electrons. The third-order valence-electron chi connectivity index (χ3n) is 2.68. The van der Waals surface area contributed by atoms with Crippen LogP contribution in [0.1, 0.15) is 36.8 Å². The van der Waals surface area contributed by atoms with E-state index >= 15 is 0 Å². The van der Waals surface area contributed by atoms with Crippen LogP contribution in [0.5, 0.6) is 0 Å². The van der Waals surface area contributed by atoms with E-state index in [-0.39, 0.29) is 11.9 Å². The van der Waals surface area contributed by atoms with Crippen molar-refractivity contribution in [2.45, 2.75) is 39.8 Å². The van der Waals surface area contributed by atoms with E-state index < -0.39 is 12.0 Å². The maximum atomic E-state index is 11.8. The molecule has 0 aliphatic heterocycles. The number of carbonyl (C=O) groups excluding carboxylic acids is 2. The Morgan fingerprint density at radius 1 is 1.25 bits per heavy atom. The van der Waals surface area contributed by atoms with Gasteiger partial charge in [0.1, 0.15) is 11.9 Å². The highest BCUT2D eigenvalue weighted by molar-refractivity contribution is 5.90. The summed E-state index contributed by atoms with van der Waals surface area (Å²) in [4.78, 5) is 27.5. The van der Waals surface area contributed by atoms with Crippen molar-refractivity contribution in [3.8, 4) is 0 Å². The first kappa shape index (κ1) is 15.9. The molecule has 1 rings (SSSR count). The summed E-state index contributed by atoms with van der Waals surface area (Å²) in [5.74, 6) is 0.0187. The van der Waals surface area contributed by atoms with Crippen molar-refractivity contribution in [3.63, 3.8) is 0 Å². The number of pyridine rings is 1. The monoisotopic (exact) mass is 279 g/mol. The molecule has 0 aromatic carbocycles. The van der Waals surface area contributed by atoms with Crippen LogP contribution in [0.3, 0.4) is 0 Å². The molecule has 1 atom stereocenters. The second kappa shape index (κ2) is 6.88. The molecular formula is C14H21N3O3. The van der Waals surface area contributed by atoms with Gasteiger partial charge in [-0.05, 0) is 39.8 Å². The maximum Gasteiger partial charge on any atom is 0.339 e. The summed E-state index contributed by atoms with van der Waals surface area (Å²) < 4.78 is 4.66. The third-order valence-corrected chi connectivity index (χ3v) is 2.68. The fourth-order valence-electron chi connectivity index (χ4n) is 1.66. The van der Waals surface area contributed by atoms with E-state index in [1.807, 2.05) is 13.8 Å². The molecule has 0 aliphatic rings. The van der Waals surface area contributed by atoms with Crippen LogP contribution in [0.25, 0.3) is 0 Å². The molecule has 0 saturated heterocycles. The molecule has 0 aliphatic carbocycles. The van der Waals surface area contributed by atoms with Crippen molar-refractivity contribution < 1.29 is 14.3 Å². The zero-order valence-corrected chi connectivity index (χ0v) is 12.5. The van der Waals surface area contributed by atoms with Crippen LogP contribution in [-0.2, 0) is 9.53 Å². The Balaban J connectivity index is 2.77. The van der Waals surface area contributed by atoms with Crippen LogP contribution in [0.2, 0.25) is 0 Å². The lowest BCUT2D eigenvalue weighted by Gasteiger charge is -2.17. The van der Waals surface area contributed by atoms with E-state index in [2.05, 4.69) is 20.4 Å². The summed E-state index contributed by atoms with van der Waals surface area (Å²) in [6, 6.07) is 2.96. The van der Waals surface area contributed by atoms with Crippen LogP contribution >= 0.6 is 0 Å². The molecule has 0 spiro atoms. The van der Waals surface area contributed by atoms with Gasteiger partial charge in [0.05, 0.1) is 18.4 Å². The van der Waals surface area contributed by atoms with E-state index in [0.29, 0.717) is 17.1 Å². The van der Waals surface area contributed by atoms with E-state index in [1.54, 1.807) is 26.0 Å². The predicted molar refractivity (Wildman–Crippen MR) is 76.7 cm³/mol. The molecule has 6 nitrogen and oxygen atoms in total. The van der Waals surface area contributed by atoms with Crippen molar-refractivity contribution in [2.24, 2.45) is 0 Å². The summed E-state index contributed by atoms with van der Waals surface area (Å²) >= 11 is 0. The normalized spacial score (nSPS) is 11.9. The fourth-order valence-corrected chi connectivity index (χ4v) is 1.66. The molecule has 1 aromatic heterocycles. The van der Waals surface area contributed by atoms with Crippen LogP contribution in [0.4, 0.5) is 5.82 Å². The SMILES string of the molecule is COC(=O)c1ccc(NC(C)C(=O)NC(C)C)nc1C. The first-order valence-corrected chi connectivity index (χ1v) is 6.48. The highest BCUT2D eigenvalue weighted by atomic mass is 16.5. The highest BCUT2D eigenvalue weighted by Gasteiger charge is 2.15. The minimum atomic E-state index is -0.424. The smallest absolute Gasteiger partial charge is 0.339 e. The van der Waals surface area contributed by atoms with Crippen LogP contribution in [-0.4, -0.2) is 36.1 Å². The number of ether oxygens (including phenoxy) is 1. The van der Waals surface area contributed by atoms with E-state index in [9.17, 15) is 9.59 Å². The molecule has 0 radical (unpaired) electrons. The van der Waals surface area contributed by atoms with Gasteiger partial charge in [0.2, 0.25) is 5.91 Å². The average Bonchev–Trinajstić information content (AvgIpc) is 2.37. The summed E-state index contributed by atoms with van der Waals surface area (Å²) in [6.45, 7) is 7.27. The zero-order valence-electron chi connectivity index (χ0n) is 12.5. The molecule has 1 aromatic rings. The summed E-state index contributed by atoms with van der Waals surface area (Å²) in [6.07, 6.45) is 0. The van der Waals surface area contributed by atoms with Crippen LogP contribution < -0.4 is 10.6 Å². The van der Waals surface area contributed by atoms with Gasteiger partial charge >= 0.3 is 5.97 Å². The largest absolute Gasteiger partial charge is 0.465 e. The molecular weight excluding hydrogens is 258 g/mol. The molecule has 1 heterocycles. The van der Waals surface area contributed by atoms with Gasteiger partial charge in [0, 0.05) is 6.04 Å². The number of anilines is 1. The minimum absolute atomic E-state index is 0.0862. The summed E-state index contributed by atoms with van der Waals surface area (Å²) in [5.41, 5.74) is 0.968. The molecule has 20 heavy (non-hydrogen) atoms. The number of esters is 1. The number of methoxy groups -OCH3 is 1. The number of hydrogen-bond acceptors (Lipinski definition) is 5. The second-order valence-corrected chi connectivity index (χ2v) is 4.85. The third kappa shape index (κ3) is 4.22. The molecule has 0 fully saturated rings. The molecule has 2 N–H and O–H groups in total. The van der Waals surface area contributed by atoms with Gasteiger partial charge in [-0.2, -0.15) is 0 Å². The quantitative estimate of drug-likeness (QED) is 0.798. The van der Waals surface area contributed by atoms with E-state index in [4.69, 9.17) is 0 Å². The number of nitrogens with one attached hydrogen (secondary N) is 2. The Morgan fingerprint density at radius 3 is 2.40 bits per heavy atom. The number of aromatic nitrogens is 1. The van der Waals surface area contributed by atoms with Gasteiger partial charge in [-0.3, -0.25) is 4.79 Å². The maximum absolute atomic E-state index is 11.8. The Kier molecular flexibility index (Phi) is 5.49.